The van der Waals surface area contributed by atoms with Gasteiger partial charge in [0.2, 0.25) is 5.91 Å². The third kappa shape index (κ3) is 4.59. The van der Waals surface area contributed by atoms with Crippen LogP contribution in [0.3, 0.4) is 0 Å². The first-order valence-corrected chi connectivity index (χ1v) is 6.01. The number of primary amides is 1. The van der Waals surface area contributed by atoms with Crippen molar-refractivity contribution in [3.8, 4) is 0 Å². The predicted molar refractivity (Wildman–Crippen MR) is 74.8 cm³/mol. The molecule has 1 aromatic rings. The molecule has 1 unspecified atom stereocenters. The Morgan fingerprint density at radius 3 is 2.68 bits per heavy atom. The summed E-state index contributed by atoms with van der Waals surface area (Å²) in [5.41, 5.74) is 6.79. The lowest BCUT2D eigenvalue weighted by atomic mass is 10.1. The van der Waals surface area contributed by atoms with E-state index >= 15 is 0 Å². The maximum atomic E-state index is 11.8. The van der Waals surface area contributed by atoms with Crippen LogP contribution < -0.4 is 16.4 Å². The van der Waals surface area contributed by atoms with E-state index in [1.165, 1.54) is 11.9 Å². The number of hydrogen-bond donors (Lipinski definition) is 3. The molecule has 1 atom stereocenters. The molecule has 1 aromatic carbocycles. The zero-order chi connectivity index (χ0) is 14.4. The summed E-state index contributed by atoms with van der Waals surface area (Å²) in [7, 11) is 3.39. The highest BCUT2D eigenvalue weighted by Gasteiger charge is 2.11. The van der Waals surface area contributed by atoms with Crippen molar-refractivity contribution in [3.63, 3.8) is 0 Å². The second-order valence-corrected chi connectivity index (χ2v) is 4.39. The lowest BCUT2D eigenvalue weighted by Crippen LogP contribution is -2.38. The summed E-state index contributed by atoms with van der Waals surface area (Å²) in [6, 6.07) is 7.35. The first kappa shape index (κ1) is 15.0. The highest BCUT2D eigenvalue weighted by molar-refractivity contribution is 5.91. The van der Waals surface area contributed by atoms with Crippen LogP contribution in [0.1, 0.15) is 18.5 Å². The van der Waals surface area contributed by atoms with E-state index in [0.717, 1.165) is 5.56 Å². The summed E-state index contributed by atoms with van der Waals surface area (Å²) in [5, 5.41) is 5.84. The molecule has 0 aromatic heterocycles. The van der Waals surface area contributed by atoms with Gasteiger partial charge in [-0.05, 0) is 31.7 Å². The molecular formula is C13H20N4O2. The van der Waals surface area contributed by atoms with Gasteiger partial charge < -0.3 is 21.3 Å². The van der Waals surface area contributed by atoms with E-state index in [9.17, 15) is 9.59 Å². The van der Waals surface area contributed by atoms with Crippen molar-refractivity contribution in [1.29, 1.82) is 0 Å². The molecule has 0 radical (unpaired) electrons. The number of carbonyl (C=O) groups is 2. The highest BCUT2D eigenvalue weighted by Crippen LogP contribution is 2.17. The highest BCUT2D eigenvalue weighted by atomic mass is 16.2. The van der Waals surface area contributed by atoms with E-state index < -0.39 is 5.91 Å². The Morgan fingerprint density at radius 2 is 2.11 bits per heavy atom. The maximum Gasteiger partial charge on any atom is 0.322 e. The number of nitrogens with two attached hydrogens (primary N) is 1. The van der Waals surface area contributed by atoms with E-state index in [1.807, 2.05) is 32.2 Å². The quantitative estimate of drug-likeness (QED) is 0.739. The standard InChI is InChI=1S/C13H20N4O2/c1-9(15-2)10-5-4-6-11(7-10)16-13(19)17(3)8-12(14)18/h4-7,9,15H,8H2,1-3H3,(H2,14,18)(H,16,19). The van der Waals surface area contributed by atoms with Gasteiger partial charge in [0.25, 0.3) is 0 Å². The molecule has 0 bridgehead atoms. The number of likely N-dealkylation sites (N-methyl/N-ethyl adjacent to an activating group) is 1. The summed E-state index contributed by atoms with van der Waals surface area (Å²) in [6.45, 7) is 1.92. The molecule has 0 spiro atoms. The second kappa shape index (κ2) is 6.75. The SMILES string of the molecule is CNC(C)c1cccc(NC(=O)N(C)CC(N)=O)c1. The molecule has 0 saturated carbocycles. The number of nitrogens with zero attached hydrogens (tertiary/aromatic N) is 1. The fourth-order valence-electron chi connectivity index (χ4n) is 1.58. The van der Waals surface area contributed by atoms with E-state index in [-0.39, 0.29) is 18.6 Å². The molecule has 0 heterocycles. The van der Waals surface area contributed by atoms with Gasteiger partial charge in [0.15, 0.2) is 0 Å². The number of hydrogen-bond acceptors (Lipinski definition) is 3. The summed E-state index contributed by atoms with van der Waals surface area (Å²) in [6.07, 6.45) is 0. The molecule has 0 saturated heterocycles. The summed E-state index contributed by atoms with van der Waals surface area (Å²) in [5.74, 6) is -0.546. The predicted octanol–water partition coefficient (Wildman–Crippen LogP) is 0.916. The van der Waals surface area contributed by atoms with Crippen molar-refractivity contribution < 1.29 is 9.59 Å². The van der Waals surface area contributed by atoms with E-state index in [1.54, 1.807) is 6.07 Å². The molecule has 0 aliphatic carbocycles. The van der Waals surface area contributed by atoms with E-state index in [4.69, 9.17) is 5.73 Å². The molecule has 0 aliphatic heterocycles. The lowest BCUT2D eigenvalue weighted by molar-refractivity contribution is -0.118. The summed E-state index contributed by atoms with van der Waals surface area (Å²) < 4.78 is 0. The zero-order valence-corrected chi connectivity index (χ0v) is 11.4. The minimum absolute atomic E-state index is 0.113. The molecule has 1 rings (SSSR count). The number of carbonyl (C=O) groups excluding carboxylic acids is 2. The Bertz CT molecular complexity index is 462. The fraction of sp³-hybridized carbons (Fsp3) is 0.385. The second-order valence-electron chi connectivity index (χ2n) is 4.39. The first-order chi connectivity index (χ1) is 8.93. The monoisotopic (exact) mass is 264 g/mol. The molecule has 0 fully saturated rings. The molecule has 6 heteroatoms. The van der Waals surface area contributed by atoms with Crippen LogP contribution in [0.25, 0.3) is 0 Å². The van der Waals surface area contributed by atoms with Crippen molar-refractivity contribution in [2.45, 2.75) is 13.0 Å². The van der Waals surface area contributed by atoms with Crippen molar-refractivity contribution in [1.82, 2.24) is 10.2 Å². The minimum atomic E-state index is -0.546. The lowest BCUT2D eigenvalue weighted by Gasteiger charge is -2.17. The normalized spacial score (nSPS) is 11.7. The van der Waals surface area contributed by atoms with Crippen LogP contribution in [0.15, 0.2) is 24.3 Å². The van der Waals surface area contributed by atoms with E-state index in [0.29, 0.717) is 5.69 Å². The number of rotatable bonds is 5. The number of benzene rings is 1. The van der Waals surface area contributed by atoms with Gasteiger partial charge >= 0.3 is 6.03 Å². The largest absolute Gasteiger partial charge is 0.368 e. The molecule has 0 aliphatic rings. The Kier molecular flexibility index (Phi) is 5.32. The van der Waals surface area contributed by atoms with Crippen LogP contribution in [0.4, 0.5) is 10.5 Å². The van der Waals surface area contributed by atoms with Gasteiger partial charge in [-0.2, -0.15) is 0 Å². The molecular weight excluding hydrogens is 244 g/mol. The van der Waals surface area contributed by atoms with Gasteiger partial charge in [0, 0.05) is 18.8 Å². The van der Waals surface area contributed by atoms with Crippen LogP contribution in [0.5, 0.6) is 0 Å². The van der Waals surface area contributed by atoms with Crippen molar-refractivity contribution in [3.05, 3.63) is 29.8 Å². The molecule has 19 heavy (non-hydrogen) atoms. The van der Waals surface area contributed by atoms with Crippen LogP contribution in [-0.4, -0.2) is 37.5 Å². The molecule has 4 N–H and O–H groups in total. The third-order valence-corrected chi connectivity index (χ3v) is 2.81. The van der Waals surface area contributed by atoms with Crippen LogP contribution >= 0.6 is 0 Å². The maximum absolute atomic E-state index is 11.8. The molecule has 104 valence electrons. The zero-order valence-electron chi connectivity index (χ0n) is 11.4. The van der Waals surface area contributed by atoms with Gasteiger partial charge in [-0.25, -0.2) is 4.79 Å². The van der Waals surface area contributed by atoms with Gasteiger partial charge in [0.05, 0.1) is 0 Å². The number of urea groups is 1. The fourth-order valence-corrected chi connectivity index (χ4v) is 1.58. The van der Waals surface area contributed by atoms with Gasteiger partial charge in [-0.1, -0.05) is 12.1 Å². The number of anilines is 1. The van der Waals surface area contributed by atoms with Crippen molar-refractivity contribution in [2.75, 3.05) is 26.0 Å². The Balaban J connectivity index is 2.71. The van der Waals surface area contributed by atoms with Gasteiger partial charge in [0.1, 0.15) is 6.54 Å². The van der Waals surface area contributed by atoms with Crippen molar-refractivity contribution >= 4 is 17.6 Å². The molecule has 3 amide bonds. The first-order valence-electron chi connectivity index (χ1n) is 6.01. The summed E-state index contributed by atoms with van der Waals surface area (Å²) >= 11 is 0. The average Bonchev–Trinajstić information content (AvgIpc) is 2.37. The smallest absolute Gasteiger partial charge is 0.322 e. The average molecular weight is 264 g/mol. The van der Waals surface area contributed by atoms with Gasteiger partial charge in [-0.15, -0.1) is 0 Å². The van der Waals surface area contributed by atoms with Crippen LogP contribution in [0.2, 0.25) is 0 Å². The minimum Gasteiger partial charge on any atom is -0.368 e. The molecule has 6 nitrogen and oxygen atoms in total. The van der Waals surface area contributed by atoms with E-state index in [2.05, 4.69) is 10.6 Å². The van der Waals surface area contributed by atoms with Gasteiger partial charge in [-0.3, -0.25) is 4.79 Å². The van der Waals surface area contributed by atoms with Crippen LogP contribution in [0, 0.1) is 0 Å². The Labute approximate surface area is 113 Å². The Hall–Kier alpha value is -2.08. The Morgan fingerprint density at radius 1 is 1.42 bits per heavy atom. The third-order valence-electron chi connectivity index (χ3n) is 2.81. The summed E-state index contributed by atoms with van der Waals surface area (Å²) in [4.78, 5) is 23.8. The number of amides is 3. The topological polar surface area (TPSA) is 87.5 Å². The van der Waals surface area contributed by atoms with Crippen LogP contribution in [-0.2, 0) is 4.79 Å². The number of nitrogens with one attached hydrogen (secondary N) is 2. The van der Waals surface area contributed by atoms with Crippen molar-refractivity contribution in [2.24, 2.45) is 5.73 Å².